The van der Waals surface area contributed by atoms with Crippen LogP contribution in [0.5, 0.6) is 0 Å². The first-order chi connectivity index (χ1) is 16.8. The van der Waals surface area contributed by atoms with Gasteiger partial charge in [0.15, 0.2) is 0 Å². The Morgan fingerprint density at radius 1 is 0.500 bits per heavy atom. The summed E-state index contributed by atoms with van der Waals surface area (Å²) < 4.78 is 0. The van der Waals surface area contributed by atoms with Crippen molar-refractivity contribution >= 4 is 0 Å². The van der Waals surface area contributed by atoms with Gasteiger partial charge in [0.1, 0.15) is 6.17 Å². The summed E-state index contributed by atoms with van der Waals surface area (Å²) in [4.78, 5) is 5.20. The summed E-state index contributed by atoms with van der Waals surface area (Å²) in [5.41, 5.74) is 1.46. The van der Waals surface area contributed by atoms with E-state index in [9.17, 15) is 0 Å². The molecule has 0 fully saturated rings. The molecule has 0 N–H and O–H groups in total. The zero-order valence-electron chi connectivity index (χ0n) is 22.9. The average Bonchev–Trinajstić information content (AvgIpc) is 3.23. The average molecular weight is 469 g/mol. The Balaban J connectivity index is 1.52. The first kappa shape index (κ1) is 28.8. The normalized spacial score (nSPS) is 15.5. The molecule has 0 spiro atoms. The van der Waals surface area contributed by atoms with Crippen molar-refractivity contribution in [1.29, 1.82) is 0 Å². The smallest absolute Gasteiger partial charge is 0.105 e. The molecule has 1 aliphatic heterocycles. The molecule has 194 valence electrons. The molecule has 0 saturated heterocycles. The van der Waals surface area contributed by atoms with Crippen LogP contribution >= 0.6 is 0 Å². The minimum atomic E-state index is 0.505. The Hall–Kier alpha value is -1.44. The summed E-state index contributed by atoms with van der Waals surface area (Å²) in [6, 6.07) is 11.1. The molecule has 0 saturated carbocycles. The summed E-state index contributed by atoms with van der Waals surface area (Å²) in [6.07, 6.45) is 31.8. The molecule has 0 aromatic heterocycles. The highest BCUT2D eigenvalue weighted by molar-refractivity contribution is 5.17. The maximum absolute atomic E-state index is 2.61. The van der Waals surface area contributed by atoms with E-state index in [1.807, 2.05) is 0 Å². The van der Waals surface area contributed by atoms with E-state index >= 15 is 0 Å². The summed E-state index contributed by atoms with van der Waals surface area (Å²) in [5.74, 6) is 0. The van der Waals surface area contributed by atoms with Gasteiger partial charge in [-0.3, -0.25) is 0 Å². The highest BCUT2D eigenvalue weighted by atomic mass is 15.4. The first-order valence-corrected chi connectivity index (χ1v) is 15.1. The van der Waals surface area contributed by atoms with Crippen LogP contribution in [-0.2, 0) is 6.42 Å². The second kappa shape index (κ2) is 19.8. The van der Waals surface area contributed by atoms with E-state index in [0.717, 1.165) is 6.42 Å². The van der Waals surface area contributed by atoms with Gasteiger partial charge < -0.3 is 9.80 Å². The van der Waals surface area contributed by atoms with Crippen molar-refractivity contribution in [1.82, 2.24) is 9.80 Å². The van der Waals surface area contributed by atoms with Crippen LogP contribution < -0.4 is 0 Å². The molecule has 0 bridgehead atoms. The third-order valence-electron chi connectivity index (χ3n) is 7.52. The van der Waals surface area contributed by atoms with Crippen LogP contribution in [0.25, 0.3) is 0 Å². The minimum Gasteiger partial charge on any atom is -0.356 e. The van der Waals surface area contributed by atoms with Crippen LogP contribution in [0.3, 0.4) is 0 Å². The molecule has 2 rings (SSSR count). The van der Waals surface area contributed by atoms with Crippen LogP contribution in [0, 0.1) is 0 Å². The van der Waals surface area contributed by atoms with E-state index in [2.05, 4.69) is 66.4 Å². The topological polar surface area (TPSA) is 6.48 Å². The fraction of sp³-hybridized carbons (Fsp3) is 0.750. The molecule has 1 atom stereocenters. The summed E-state index contributed by atoms with van der Waals surface area (Å²) in [5, 5.41) is 0. The fourth-order valence-electron chi connectivity index (χ4n) is 5.28. The third-order valence-corrected chi connectivity index (χ3v) is 7.52. The highest BCUT2D eigenvalue weighted by Crippen LogP contribution is 2.22. The monoisotopic (exact) mass is 468 g/mol. The Morgan fingerprint density at radius 2 is 0.882 bits per heavy atom. The van der Waals surface area contributed by atoms with Crippen molar-refractivity contribution in [2.24, 2.45) is 0 Å². The molecule has 0 amide bonds. The third kappa shape index (κ3) is 12.9. The standard InChI is InChI=1S/C32H56N2/c1-3-5-7-8-9-10-11-12-13-14-15-16-17-18-23-27-34-29-28-33(26-22-6-4-2)32(34)30-31-24-20-19-21-25-31/h19-21,24-25,28-29,32H,3-18,22-23,26-27,30H2,1-2H3. The van der Waals surface area contributed by atoms with Crippen molar-refractivity contribution in [3.05, 3.63) is 48.3 Å². The van der Waals surface area contributed by atoms with Gasteiger partial charge in [0, 0.05) is 31.9 Å². The number of hydrogen-bond acceptors (Lipinski definition) is 2. The maximum Gasteiger partial charge on any atom is 0.105 e. The van der Waals surface area contributed by atoms with Gasteiger partial charge in [0.25, 0.3) is 0 Å². The molecule has 0 radical (unpaired) electrons. The van der Waals surface area contributed by atoms with Gasteiger partial charge in [-0.05, 0) is 18.4 Å². The minimum absolute atomic E-state index is 0.505. The molecule has 1 aromatic rings. The molecule has 1 aliphatic rings. The van der Waals surface area contributed by atoms with E-state index in [1.165, 1.54) is 134 Å². The van der Waals surface area contributed by atoms with E-state index < -0.39 is 0 Å². The van der Waals surface area contributed by atoms with Crippen LogP contribution in [0.1, 0.15) is 135 Å². The van der Waals surface area contributed by atoms with E-state index in [1.54, 1.807) is 0 Å². The van der Waals surface area contributed by atoms with Gasteiger partial charge in [0.2, 0.25) is 0 Å². The Morgan fingerprint density at radius 3 is 1.35 bits per heavy atom. The molecular weight excluding hydrogens is 412 g/mol. The van der Waals surface area contributed by atoms with Gasteiger partial charge in [-0.25, -0.2) is 0 Å². The molecule has 1 heterocycles. The Kier molecular flexibility index (Phi) is 16.8. The first-order valence-electron chi connectivity index (χ1n) is 15.1. The lowest BCUT2D eigenvalue weighted by Crippen LogP contribution is -2.41. The molecular formula is C32H56N2. The Labute approximate surface area is 213 Å². The lowest BCUT2D eigenvalue weighted by atomic mass is 10.0. The molecule has 2 nitrogen and oxygen atoms in total. The molecule has 1 unspecified atom stereocenters. The van der Waals surface area contributed by atoms with Gasteiger partial charge in [-0.1, -0.05) is 147 Å². The molecule has 34 heavy (non-hydrogen) atoms. The van der Waals surface area contributed by atoms with Crippen molar-refractivity contribution in [3.8, 4) is 0 Å². The quantitative estimate of drug-likeness (QED) is 0.156. The Bertz CT molecular complexity index is 596. The van der Waals surface area contributed by atoms with Crippen LogP contribution in [0.15, 0.2) is 42.7 Å². The number of unbranched alkanes of at least 4 members (excludes halogenated alkanes) is 16. The van der Waals surface area contributed by atoms with Crippen molar-refractivity contribution in [3.63, 3.8) is 0 Å². The van der Waals surface area contributed by atoms with E-state index in [4.69, 9.17) is 0 Å². The zero-order valence-corrected chi connectivity index (χ0v) is 22.9. The number of benzene rings is 1. The van der Waals surface area contributed by atoms with Crippen molar-refractivity contribution in [2.45, 2.75) is 142 Å². The van der Waals surface area contributed by atoms with E-state index in [0.29, 0.717) is 6.17 Å². The molecule has 2 heteroatoms. The number of hydrogen-bond donors (Lipinski definition) is 0. The fourth-order valence-corrected chi connectivity index (χ4v) is 5.28. The number of rotatable bonds is 22. The van der Waals surface area contributed by atoms with Gasteiger partial charge in [-0.2, -0.15) is 0 Å². The summed E-state index contributed by atoms with van der Waals surface area (Å²) in [7, 11) is 0. The second-order valence-corrected chi connectivity index (χ2v) is 10.6. The van der Waals surface area contributed by atoms with Gasteiger partial charge in [0.05, 0.1) is 0 Å². The van der Waals surface area contributed by atoms with E-state index in [-0.39, 0.29) is 0 Å². The van der Waals surface area contributed by atoms with Crippen LogP contribution in [-0.4, -0.2) is 29.1 Å². The number of nitrogens with zero attached hydrogens (tertiary/aromatic N) is 2. The predicted molar refractivity (Wildman–Crippen MR) is 151 cm³/mol. The van der Waals surface area contributed by atoms with Crippen molar-refractivity contribution < 1.29 is 0 Å². The SMILES string of the molecule is CCCCCCCCCCCCCCCCCN1C=CN(CCCCC)C1Cc1ccccc1. The lowest BCUT2D eigenvalue weighted by molar-refractivity contribution is 0.148. The largest absolute Gasteiger partial charge is 0.356 e. The van der Waals surface area contributed by atoms with Gasteiger partial charge >= 0.3 is 0 Å². The summed E-state index contributed by atoms with van der Waals surface area (Å²) >= 11 is 0. The lowest BCUT2D eigenvalue weighted by Gasteiger charge is -2.33. The highest BCUT2D eigenvalue weighted by Gasteiger charge is 2.25. The summed E-state index contributed by atoms with van der Waals surface area (Å²) in [6.45, 7) is 6.99. The van der Waals surface area contributed by atoms with Crippen molar-refractivity contribution in [2.75, 3.05) is 13.1 Å². The molecule has 0 aliphatic carbocycles. The second-order valence-electron chi connectivity index (χ2n) is 10.6. The zero-order chi connectivity index (χ0) is 24.1. The van der Waals surface area contributed by atoms with Crippen LogP contribution in [0.2, 0.25) is 0 Å². The van der Waals surface area contributed by atoms with Crippen LogP contribution in [0.4, 0.5) is 0 Å². The maximum atomic E-state index is 2.61. The predicted octanol–water partition coefficient (Wildman–Crippen LogP) is 9.71. The molecule has 1 aromatic carbocycles. The van der Waals surface area contributed by atoms with Gasteiger partial charge in [-0.15, -0.1) is 0 Å².